The Labute approximate surface area is 134 Å². The lowest BCUT2D eigenvalue weighted by molar-refractivity contribution is 0.236. The second kappa shape index (κ2) is 8.39. The van der Waals surface area contributed by atoms with Crippen LogP contribution >= 0.6 is 11.6 Å². The molecule has 0 aliphatic heterocycles. The quantitative estimate of drug-likeness (QED) is 0.833. The van der Waals surface area contributed by atoms with Gasteiger partial charge in [0.15, 0.2) is 0 Å². The van der Waals surface area contributed by atoms with Crippen molar-refractivity contribution in [3.05, 3.63) is 70.7 Å². The van der Waals surface area contributed by atoms with E-state index in [1.54, 1.807) is 6.07 Å². The topological polar surface area (TPSA) is 41.1 Å². The van der Waals surface area contributed by atoms with Crippen molar-refractivity contribution in [2.45, 2.75) is 12.5 Å². The first-order chi connectivity index (χ1) is 10.7. The standard InChI is InChI=1S/C17H18ClFN2O/c18-15-9-5-4-8-14(15)16(21-17(22)20-11-10-19)12-13-6-2-1-3-7-13/h1-9,16H,10-12H2,(H2,20,21,22). The van der Waals surface area contributed by atoms with E-state index >= 15 is 0 Å². The van der Waals surface area contributed by atoms with Gasteiger partial charge in [0.2, 0.25) is 0 Å². The lowest BCUT2D eigenvalue weighted by Gasteiger charge is -2.20. The average Bonchev–Trinajstić information content (AvgIpc) is 2.54. The van der Waals surface area contributed by atoms with Crippen LogP contribution in [0, 0.1) is 0 Å². The van der Waals surface area contributed by atoms with Crippen LogP contribution in [0.3, 0.4) is 0 Å². The van der Waals surface area contributed by atoms with Crippen molar-refractivity contribution in [3.63, 3.8) is 0 Å². The Hall–Kier alpha value is -2.07. The van der Waals surface area contributed by atoms with Crippen LogP contribution < -0.4 is 10.6 Å². The molecule has 0 fully saturated rings. The molecular weight excluding hydrogens is 303 g/mol. The van der Waals surface area contributed by atoms with Crippen molar-refractivity contribution < 1.29 is 9.18 Å². The van der Waals surface area contributed by atoms with Crippen LogP contribution in [0.25, 0.3) is 0 Å². The van der Waals surface area contributed by atoms with Crippen LogP contribution in [-0.4, -0.2) is 19.3 Å². The Bertz CT molecular complexity index is 607. The number of carbonyl (C=O) groups is 1. The summed E-state index contributed by atoms with van der Waals surface area (Å²) in [5, 5.41) is 5.92. The highest BCUT2D eigenvalue weighted by Crippen LogP contribution is 2.25. The molecule has 1 unspecified atom stereocenters. The zero-order valence-corrected chi connectivity index (χ0v) is 12.8. The molecule has 0 aliphatic rings. The van der Waals surface area contributed by atoms with Crippen LogP contribution in [0.2, 0.25) is 5.02 Å². The molecule has 0 saturated heterocycles. The van der Waals surface area contributed by atoms with Crippen LogP contribution in [0.1, 0.15) is 17.2 Å². The lowest BCUT2D eigenvalue weighted by Crippen LogP contribution is -2.39. The SMILES string of the molecule is O=C(NCCF)NC(Cc1ccccc1)c1ccccc1Cl. The van der Waals surface area contributed by atoms with E-state index in [9.17, 15) is 9.18 Å². The molecule has 0 heterocycles. The van der Waals surface area contributed by atoms with Gasteiger partial charge in [-0.3, -0.25) is 0 Å². The van der Waals surface area contributed by atoms with Crippen molar-refractivity contribution in [1.82, 2.24) is 10.6 Å². The molecule has 0 aliphatic carbocycles. The van der Waals surface area contributed by atoms with Gasteiger partial charge in [-0.2, -0.15) is 0 Å². The minimum Gasteiger partial charge on any atom is -0.336 e. The third-order valence-electron chi connectivity index (χ3n) is 3.25. The molecule has 2 aromatic rings. The summed E-state index contributed by atoms with van der Waals surface area (Å²) in [5.74, 6) is 0. The van der Waals surface area contributed by atoms with Gasteiger partial charge in [-0.1, -0.05) is 60.1 Å². The maximum Gasteiger partial charge on any atom is 0.315 e. The highest BCUT2D eigenvalue weighted by molar-refractivity contribution is 6.31. The summed E-state index contributed by atoms with van der Waals surface area (Å²) in [6.07, 6.45) is 0.605. The molecule has 0 spiro atoms. The van der Waals surface area contributed by atoms with Crippen molar-refractivity contribution in [1.29, 1.82) is 0 Å². The number of carbonyl (C=O) groups excluding carboxylic acids is 1. The molecule has 2 amide bonds. The molecule has 1 atom stereocenters. The molecule has 2 aromatic carbocycles. The second-order valence-electron chi connectivity index (χ2n) is 4.85. The molecule has 22 heavy (non-hydrogen) atoms. The molecule has 2 N–H and O–H groups in total. The average molecular weight is 321 g/mol. The number of urea groups is 1. The molecule has 2 rings (SSSR count). The molecule has 0 bridgehead atoms. The number of hydrogen-bond acceptors (Lipinski definition) is 1. The third-order valence-corrected chi connectivity index (χ3v) is 3.59. The Morgan fingerprint density at radius 2 is 1.77 bits per heavy atom. The maximum atomic E-state index is 12.2. The summed E-state index contributed by atoms with van der Waals surface area (Å²) in [4.78, 5) is 11.9. The van der Waals surface area contributed by atoms with Crippen LogP contribution in [0.15, 0.2) is 54.6 Å². The predicted octanol–water partition coefficient (Wildman–Crippen LogP) is 3.89. The van der Waals surface area contributed by atoms with E-state index in [-0.39, 0.29) is 12.6 Å². The van der Waals surface area contributed by atoms with Gasteiger partial charge in [0, 0.05) is 11.6 Å². The van der Waals surface area contributed by atoms with Crippen LogP contribution in [0.4, 0.5) is 9.18 Å². The molecule has 0 radical (unpaired) electrons. The van der Waals surface area contributed by atoms with E-state index in [4.69, 9.17) is 11.6 Å². The summed E-state index contributed by atoms with van der Waals surface area (Å²) in [6.45, 7) is -0.602. The van der Waals surface area contributed by atoms with Crippen molar-refractivity contribution in [2.24, 2.45) is 0 Å². The molecular formula is C17H18ClFN2O. The van der Waals surface area contributed by atoms with E-state index in [0.717, 1.165) is 11.1 Å². The monoisotopic (exact) mass is 320 g/mol. The summed E-state index contributed by atoms with van der Waals surface area (Å²) in [7, 11) is 0. The molecule has 0 aromatic heterocycles. The van der Waals surface area contributed by atoms with Gasteiger partial charge < -0.3 is 10.6 Å². The van der Waals surface area contributed by atoms with Crippen LogP contribution in [-0.2, 0) is 6.42 Å². The second-order valence-corrected chi connectivity index (χ2v) is 5.26. The van der Waals surface area contributed by atoms with Gasteiger partial charge in [0.1, 0.15) is 6.67 Å². The number of nitrogens with one attached hydrogen (secondary N) is 2. The number of amides is 2. The number of hydrogen-bond donors (Lipinski definition) is 2. The first-order valence-corrected chi connectivity index (χ1v) is 7.47. The Morgan fingerprint density at radius 3 is 2.45 bits per heavy atom. The number of alkyl halides is 1. The van der Waals surface area contributed by atoms with Gasteiger partial charge in [-0.25, -0.2) is 9.18 Å². The van der Waals surface area contributed by atoms with Gasteiger partial charge in [-0.05, 0) is 23.6 Å². The normalized spacial score (nSPS) is 11.7. The zero-order chi connectivity index (χ0) is 15.8. The van der Waals surface area contributed by atoms with E-state index in [1.165, 1.54) is 0 Å². The summed E-state index contributed by atoms with van der Waals surface area (Å²) >= 11 is 6.24. The van der Waals surface area contributed by atoms with Gasteiger partial charge >= 0.3 is 6.03 Å². The number of halogens is 2. The highest BCUT2D eigenvalue weighted by Gasteiger charge is 2.17. The van der Waals surface area contributed by atoms with E-state index in [1.807, 2.05) is 48.5 Å². The minimum atomic E-state index is -0.594. The summed E-state index contributed by atoms with van der Waals surface area (Å²) < 4.78 is 12.2. The fourth-order valence-corrected chi connectivity index (χ4v) is 2.48. The minimum absolute atomic E-state index is 0.00753. The van der Waals surface area contributed by atoms with E-state index < -0.39 is 12.7 Å². The third kappa shape index (κ3) is 4.74. The molecule has 116 valence electrons. The van der Waals surface area contributed by atoms with Gasteiger partial charge in [0.05, 0.1) is 6.04 Å². The molecule has 0 saturated carbocycles. The van der Waals surface area contributed by atoms with Crippen molar-refractivity contribution in [3.8, 4) is 0 Å². The summed E-state index contributed by atoms with van der Waals surface area (Å²) in [5.41, 5.74) is 1.92. The van der Waals surface area contributed by atoms with Crippen molar-refractivity contribution >= 4 is 17.6 Å². The van der Waals surface area contributed by atoms with Crippen molar-refractivity contribution in [2.75, 3.05) is 13.2 Å². The first-order valence-electron chi connectivity index (χ1n) is 7.09. The smallest absolute Gasteiger partial charge is 0.315 e. The van der Waals surface area contributed by atoms with Gasteiger partial charge in [0.25, 0.3) is 0 Å². The fourth-order valence-electron chi connectivity index (χ4n) is 2.22. The lowest BCUT2D eigenvalue weighted by atomic mass is 9.99. The van der Waals surface area contributed by atoms with Gasteiger partial charge in [-0.15, -0.1) is 0 Å². The Kier molecular flexibility index (Phi) is 6.22. The fraction of sp³-hybridized carbons (Fsp3) is 0.235. The largest absolute Gasteiger partial charge is 0.336 e. The maximum absolute atomic E-state index is 12.2. The Balaban J connectivity index is 2.17. The zero-order valence-electron chi connectivity index (χ0n) is 12.1. The highest BCUT2D eigenvalue weighted by atomic mass is 35.5. The molecule has 5 heteroatoms. The number of rotatable bonds is 6. The van der Waals surface area contributed by atoms with E-state index in [0.29, 0.717) is 11.4 Å². The van der Waals surface area contributed by atoms with Crippen LogP contribution in [0.5, 0.6) is 0 Å². The Morgan fingerprint density at radius 1 is 1.09 bits per heavy atom. The predicted molar refractivity (Wildman–Crippen MR) is 86.8 cm³/mol. The number of benzene rings is 2. The molecule has 3 nitrogen and oxygen atoms in total. The summed E-state index contributed by atoms with van der Waals surface area (Å²) in [6, 6.07) is 16.5. The first kappa shape index (κ1) is 16.3. The van der Waals surface area contributed by atoms with E-state index in [2.05, 4.69) is 10.6 Å².